The van der Waals surface area contributed by atoms with Crippen molar-refractivity contribution in [1.29, 1.82) is 0 Å². The molecular weight excluding hydrogens is 428 g/mol. The second-order valence-electron chi connectivity index (χ2n) is 8.11. The molecular formula is C23H30N4O4S. The lowest BCUT2D eigenvalue weighted by molar-refractivity contribution is -0.132. The van der Waals surface area contributed by atoms with E-state index < -0.39 is 10.0 Å². The number of carbonyl (C=O) groups excluding carboxylic acids is 2. The third kappa shape index (κ3) is 7.15. The monoisotopic (exact) mass is 458 g/mol. The van der Waals surface area contributed by atoms with Crippen LogP contribution in [0.25, 0.3) is 0 Å². The third-order valence-corrected chi connectivity index (χ3v) is 6.49. The summed E-state index contributed by atoms with van der Waals surface area (Å²) in [7, 11) is -3.70. The molecule has 9 heteroatoms. The summed E-state index contributed by atoms with van der Waals surface area (Å²) in [6.07, 6.45) is 0.997. The van der Waals surface area contributed by atoms with Gasteiger partial charge in [0, 0.05) is 32.7 Å². The quantitative estimate of drug-likeness (QED) is 0.604. The molecule has 2 amide bonds. The number of sulfonamides is 1. The molecule has 0 radical (unpaired) electrons. The van der Waals surface area contributed by atoms with E-state index in [-0.39, 0.29) is 16.7 Å². The largest absolute Gasteiger partial charge is 0.355 e. The molecule has 0 unspecified atom stereocenters. The molecule has 1 aliphatic heterocycles. The van der Waals surface area contributed by atoms with Crippen molar-refractivity contribution in [2.45, 2.75) is 24.7 Å². The number of benzene rings is 2. The first-order valence-corrected chi connectivity index (χ1v) is 12.2. The summed E-state index contributed by atoms with van der Waals surface area (Å²) >= 11 is 0. The van der Waals surface area contributed by atoms with Gasteiger partial charge in [-0.25, -0.2) is 13.6 Å². The maximum absolute atomic E-state index is 12.5. The maximum Gasteiger partial charge on any atom is 0.238 e. The van der Waals surface area contributed by atoms with Crippen molar-refractivity contribution in [3.63, 3.8) is 0 Å². The van der Waals surface area contributed by atoms with Gasteiger partial charge < -0.3 is 10.2 Å². The minimum absolute atomic E-state index is 0.0643. The summed E-state index contributed by atoms with van der Waals surface area (Å²) in [5.41, 5.74) is 3.10. The number of carbonyl (C=O) groups is 2. The Kier molecular flexibility index (Phi) is 8.00. The highest BCUT2D eigenvalue weighted by molar-refractivity contribution is 7.89. The van der Waals surface area contributed by atoms with Crippen LogP contribution < -0.4 is 10.5 Å². The number of hydrogen-bond donors (Lipinski definition) is 2. The lowest BCUT2D eigenvalue weighted by Crippen LogP contribution is -2.51. The van der Waals surface area contributed by atoms with Gasteiger partial charge in [0.25, 0.3) is 0 Å². The van der Waals surface area contributed by atoms with Crippen molar-refractivity contribution in [2.75, 3.05) is 39.3 Å². The van der Waals surface area contributed by atoms with Gasteiger partial charge in [-0.15, -0.1) is 0 Å². The topological polar surface area (TPSA) is 113 Å². The van der Waals surface area contributed by atoms with Crippen LogP contribution in [0.4, 0.5) is 0 Å². The van der Waals surface area contributed by atoms with E-state index in [1.807, 2.05) is 41.0 Å². The molecule has 0 saturated carbocycles. The second-order valence-corrected chi connectivity index (χ2v) is 9.67. The normalized spacial score (nSPS) is 14.9. The molecule has 172 valence electrons. The standard InChI is InChI=1S/C23H30N4O4S/c1-18-2-4-20(5-3-18)16-23(29)27-14-12-26(13-15-27)17-22(28)25-11-10-19-6-8-21(9-7-19)32(24,30)31/h2-9H,10-17H2,1H3,(H,25,28)(H2,24,30,31). The van der Waals surface area contributed by atoms with E-state index >= 15 is 0 Å². The highest BCUT2D eigenvalue weighted by Crippen LogP contribution is 2.10. The molecule has 8 nitrogen and oxygen atoms in total. The summed E-state index contributed by atoms with van der Waals surface area (Å²) in [4.78, 5) is 28.7. The molecule has 0 aromatic heterocycles. The lowest BCUT2D eigenvalue weighted by atomic mass is 10.1. The van der Waals surface area contributed by atoms with Gasteiger partial charge >= 0.3 is 0 Å². The summed E-state index contributed by atoms with van der Waals surface area (Å²) in [5.74, 6) is 0.0528. The summed E-state index contributed by atoms with van der Waals surface area (Å²) < 4.78 is 22.6. The molecule has 1 fully saturated rings. The van der Waals surface area contributed by atoms with Gasteiger partial charge in [0.1, 0.15) is 0 Å². The predicted molar refractivity (Wildman–Crippen MR) is 122 cm³/mol. The second kappa shape index (κ2) is 10.7. The Morgan fingerprint density at radius 1 is 0.938 bits per heavy atom. The lowest BCUT2D eigenvalue weighted by Gasteiger charge is -2.34. The van der Waals surface area contributed by atoms with E-state index in [1.54, 1.807) is 12.1 Å². The van der Waals surface area contributed by atoms with Crippen LogP contribution in [0.15, 0.2) is 53.4 Å². The van der Waals surface area contributed by atoms with Crippen LogP contribution in [0.5, 0.6) is 0 Å². The molecule has 0 bridgehead atoms. The van der Waals surface area contributed by atoms with Crippen LogP contribution in [-0.2, 0) is 32.5 Å². The van der Waals surface area contributed by atoms with Gasteiger partial charge in [0.2, 0.25) is 21.8 Å². The van der Waals surface area contributed by atoms with Crippen LogP contribution in [0.1, 0.15) is 16.7 Å². The summed E-state index contributed by atoms with van der Waals surface area (Å²) in [6, 6.07) is 14.3. The molecule has 2 aromatic carbocycles. The zero-order chi connectivity index (χ0) is 23.1. The maximum atomic E-state index is 12.5. The van der Waals surface area contributed by atoms with E-state index in [2.05, 4.69) is 5.32 Å². The number of primary sulfonamides is 1. The van der Waals surface area contributed by atoms with E-state index in [1.165, 1.54) is 17.7 Å². The van der Waals surface area contributed by atoms with Crippen molar-refractivity contribution in [1.82, 2.24) is 15.1 Å². The van der Waals surface area contributed by atoms with E-state index in [9.17, 15) is 18.0 Å². The third-order valence-electron chi connectivity index (χ3n) is 5.56. The first kappa shape index (κ1) is 23.9. The SMILES string of the molecule is Cc1ccc(CC(=O)N2CCN(CC(=O)NCCc3ccc(S(N)(=O)=O)cc3)CC2)cc1. The molecule has 32 heavy (non-hydrogen) atoms. The zero-order valence-electron chi connectivity index (χ0n) is 18.3. The zero-order valence-corrected chi connectivity index (χ0v) is 19.1. The molecule has 1 heterocycles. The Morgan fingerprint density at radius 2 is 1.53 bits per heavy atom. The molecule has 0 spiro atoms. The van der Waals surface area contributed by atoms with Gasteiger partial charge in [0.15, 0.2) is 0 Å². The van der Waals surface area contributed by atoms with Gasteiger partial charge in [-0.1, -0.05) is 42.0 Å². The van der Waals surface area contributed by atoms with E-state index in [4.69, 9.17) is 5.14 Å². The fourth-order valence-corrected chi connectivity index (χ4v) is 4.11. The molecule has 1 aliphatic rings. The molecule has 2 aromatic rings. The van der Waals surface area contributed by atoms with Crippen LogP contribution in [0.3, 0.4) is 0 Å². The van der Waals surface area contributed by atoms with E-state index in [0.717, 1.165) is 11.1 Å². The number of aryl methyl sites for hydroxylation is 1. The number of rotatable bonds is 8. The number of amides is 2. The number of piperazine rings is 1. The Balaban J connectivity index is 1.35. The van der Waals surface area contributed by atoms with Crippen molar-refractivity contribution < 1.29 is 18.0 Å². The van der Waals surface area contributed by atoms with E-state index in [0.29, 0.717) is 52.1 Å². The van der Waals surface area contributed by atoms with Gasteiger partial charge in [-0.2, -0.15) is 0 Å². The average Bonchev–Trinajstić information content (AvgIpc) is 2.75. The van der Waals surface area contributed by atoms with Gasteiger partial charge in [0.05, 0.1) is 17.9 Å². The van der Waals surface area contributed by atoms with Crippen molar-refractivity contribution in [2.24, 2.45) is 5.14 Å². The number of nitrogens with two attached hydrogens (primary N) is 1. The number of nitrogens with one attached hydrogen (secondary N) is 1. The Bertz CT molecular complexity index is 1030. The number of hydrogen-bond acceptors (Lipinski definition) is 5. The fraction of sp³-hybridized carbons (Fsp3) is 0.391. The molecule has 0 aliphatic carbocycles. The predicted octanol–water partition coefficient (Wildman–Crippen LogP) is 0.688. The molecule has 1 saturated heterocycles. The van der Waals surface area contributed by atoms with Crippen LogP contribution >= 0.6 is 0 Å². The molecule has 3 rings (SSSR count). The average molecular weight is 459 g/mol. The van der Waals surface area contributed by atoms with Crippen molar-refractivity contribution >= 4 is 21.8 Å². The minimum Gasteiger partial charge on any atom is -0.355 e. The summed E-state index contributed by atoms with van der Waals surface area (Å²) in [6.45, 7) is 5.36. The van der Waals surface area contributed by atoms with Crippen LogP contribution in [0.2, 0.25) is 0 Å². The van der Waals surface area contributed by atoms with Gasteiger partial charge in [-0.05, 0) is 36.6 Å². The van der Waals surface area contributed by atoms with Crippen molar-refractivity contribution in [3.05, 3.63) is 65.2 Å². The Morgan fingerprint density at radius 3 is 2.12 bits per heavy atom. The highest BCUT2D eigenvalue weighted by Gasteiger charge is 2.22. The first-order chi connectivity index (χ1) is 15.2. The number of nitrogens with zero attached hydrogens (tertiary/aromatic N) is 2. The molecule has 3 N–H and O–H groups in total. The van der Waals surface area contributed by atoms with Gasteiger partial charge in [-0.3, -0.25) is 14.5 Å². The minimum atomic E-state index is -3.70. The Hall–Kier alpha value is -2.75. The van der Waals surface area contributed by atoms with Crippen LogP contribution in [-0.4, -0.2) is 69.3 Å². The first-order valence-electron chi connectivity index (χ1n) is 10.6. The summed E-state index contributed by atoms with van der Waals surface area (Å²) in [5, 5.41) is 7.98. The fourth-order valence-electron chi connectivity index (χ4n) is 3.60. The van der Waals surface area contributed by atoms with Crippen LogP contribution in [0, 0.1) is 6.92 Å². The smallest absolute Gasteiger partial charge is 0.238 e. The van der Waals surface area contributed by atoms with Crippen molar-refractivity contribution in [3.8, 4) is 0 Å². The Labute approximate surface area is 189 Å². The highest BCUT2D eigenvalue weighted by atomic mass is 32.2. The molecule has 0 atom stereocenters.